The average molecular weight is 505 g/mol. The number of nitrogens with zero attached hydrogens (tertiary/aromatic N) is 3. The number of halogens is 1. The Labute approximate surface area is 212 Å². The van der Waals surface area contributed by atoms with Gasteiger partial charge in [0.15, 0.2) is 0 Å². The highest BCUT2D eigenvalue weighted by atomic mass is 35.5. The summed E-state index contributed by atoms with van der Waals surface area (Å²) in [4.78, 5) is 2.59. The van der Waals surface area contributed by atoms with Crippen LogP contribution in [0.25, 0.3) is 0 Å². The standard InChI is InChI=1S/C26H45N4Si2.ClH/c1-8-26(2,3)31-15-10-21-17-24(18-22(25(21)27)11-16-32(5,6)7)29-12-9-23(19-29)30-14-13-28(4)20-30;/h13-14,17-18,20,23H,8-12,15-16,19,27H2,1-7H3;1H/q+1;/p-1. The summed E-state index contributed by atoms with van der Waals surface area (Å²) in [6.45, 7) is 16.7. The molecule has 2 aromatic rings. The van der Waals surface area contributed by atoms with E-state index in [1.807, 2.05) is 0 Å². The quantitative estimate of drug-likeness (QED) is 0.306. The lowest BCUT2D eigenvalue weighted by atomic mass is 10.0. The van der Waals surface area contributed by atoms with Crippen LogP contribution in [0.3, 0.4) is 0 Å². The van der Waals surface area contributed by atoms with Crippen molar-refractivity contribution in [2.75, 3.05) is 23.7 Å². The Bertz CT molecular complexity index is 904. The molecule has 4 nitrogen and oxygen atoms in total. The molecule has 2 heterocycles. The smallest absolute Gasteiger partial charge is 0.243 e. The van der Waals surface area contributed by atoms with Crippen molar-refractivity contribution in [1.29, 1.82) is 0 Å². The number of aryl methyl sites for hydroxylation is 3. The molecule has 0 spiro atoms. The molecule has 0 amide bonds. The molecule has 2 radical (unpaired) electrons. The Balaban J connectivity index is 0.00000385. The summed E-state index contributed by atoms with van der Waals surface area (Å²) in [5, 5.41) is 0.447. The first kappa shape index (κ1) is 28.0. The van der Waals surface area contributed by atoms with Gasteiger partial charge >= 0.3 is 0 Å². The molecule has 1 fully saturated rings. The van der Waals surface area contributed by atoms with Crippen LogP contribution in [-0.2, 0) is 19.9 Å². The number of nitrogen functional groups attached to an aromatic ring is 1. The third-order valence-electron chi connectivity index (χ3n) is 7.10. The second-order valence-electron chi connectivity index (χ2n) is 11.6. The number of nitrogens with two attached hydrogens (primary N) is 1. The van der Waals surface area contributed by atoms with Gasteiger partial charge in [-0.1, -0.05) is 58.9 Å². The summed E-state index contributed by atoms with van der Waals surface area (Å²) in [5.41, 5.74) is 12.0. The summed E-state index contributed by atoms with van der Waals surface area (Å²) >= 11 is 0. The van der Waals surface area contributed by atoms with Gasteiger partial charge in [-0.15, -0.1) is 0 Å². The van der Waals surface area contributed by atoms with Gasteiger partial charge in [0.2, 0.25) is 6.33 Å². The zero-order chi connectivity index (χ0) is 23.5. The molecule has 3 rings (SSSR count). The molecule has 184 valence electrons. The van der Waals surface area contributed by atoms with Crippen LogP contribution in [-0.4, -0.2) is 35.3 Å². The first-order valence-electron chi connectivity index (χ1n) is 12.4. The van der Waals surface area contributed by atoms with Gasteiger partial charge in [-0.05, 0) is 41.1 Å². The first-order chi connectivity index (χ1) is 15.0. The minimum Gasteiger partial charge on any atom is -1.00 e. The zero-order valence-corrected chi connectivity index (χ0v) is 24.7. The lowest BCUT2D eigenvalue weighted by Crippen LogP contribution is -3.00. The fraction of sp³-hybridized carbons (Fsp3) is 0.654. The van der Waals surface area contributed by atoms with Crippen molar-refractivity contribution in [1.82, 2.24) is 4.57 Å². The Kier molecular flexibility index (Phi) is 9.72. The van der Waals surface area contributed by atoms with E-state index in [0.717, 1.165) is 41.1 Å². The van der Waals surface area contributed by atoms with Gasteiger partial charge < -0.3 is 23.0 Å². The third-order valence-corrected chi connectivity index (χ3v) is 10.7. The fourth-order valence-corrected chi connectivity index (χ4v) is 6.77. The zero-order valence-electron chi connectivity index (χ0n) is 21.9. The van der Waals surface area contributed by atoms with Crippen LogP contribution in [0.15, 0.2) is 30.9 Å². The highest BCUT2D eigenvalue weighted by Crippen LogP contribution is 2.34. The van der Waals surface area contributed by atoms with Crippen LogP contribution in [0, 0.1) is 0 Å². The monoisotopic (exact) mass is 504 g/mol. The van der Waals surface area contributed by atoms with E-state index in [4.69, 9.17) is 5.73 Å². The minimum atomic E-state index is -1.11. The predicted octanol–water partition coefficient (Wildman–Crippen LogP) is 2.50. The molecule has 33 heavy (non-hydrogen) atoms. The van der Waals surface area contributed by atoms with Crippen LogP contribution in [0.1, 0.15) is 50.8 Å². The predicted molar refractivity (Wildman–Crippen MR) is 143 cm³/mol. The molecular weight excluding hydrogens is 460 g/mol. The van der Waals surface area contributed by atoms with Gasteiger partial charge in [-0.3, -0.25) is 0 Å². The molecule has 2 N–H and O–H groups in total. The second kappa shape index (κ2) is 11.5. The van der Waals surface area contributed by atoms with E-state index < -0.39 is 8.07 Å². The number of rotatable bonds is 10. The van der Waals surface area contributed by atoms with Gasteiger partial charge in [0.25, 0.3) is 0 Å². The van der Waals surface area contributed by atoms with Crippen molar-refractivity contribution in [2.45, 2.75) is 89.3 Å². The Hall–Kier alpha value is -1.25. The topological polar surface area (TPSA) is 38.1 Å². The van der Waals surface area contributed by atoms with E-state index in [-0.39, 0.29) is 12.4 Å². The Morgan fingerprint density at radius 2 is 1.85 bits per heavy atom. The van der Waals surface area contributed by atoms with Crippen molar-refractivity contribution in [3.63, 3.8) is 0 Å². The molecule has 1 aliphatic heterocycles. The van der Waals surface area contributed by atoms with Crippen molar-refractivity contribution >= 4 is 29.0 Å². The summed E-state index contributed by atoms with van der Waals surface area (Å²) in [7, 11) is 1.97. The molecular formula is C26H45ClN4Si2. The normalized spacial score (nSPS) is 16.8. The summed E-state index contributed by atoms with van der Waals surface area (Å²) in [6, 6.07) is 7.91. The van der Waals surface area contributed by atoms with E-state index in [2.05, 4.69) is 92.3 Å². The number of aromatic nitrogens is 2. The van der Waals surface area contributed by atoms with Gasteiger partial charge in [0, 0.05) is 41.9 Å². The Morgan fingerprint density at radius 3 is 2.42 bits per heavy atom. The number of hydrogen-bond donors (Lipinski definition) is 1. The second-order valence-corrected chi connectivity index (χ2v) is 19.4. The van der Waals surface area contributed by atoms with Crippen LogP contribution >= 0.6 is 0 Å². The van der Waals surface area contributed by atoms with Gasteiger partial charge in [0.05, 0.1) is 13.6 Å². The third kappa shape index (κ3) is 7.89. The maximum absolute atomic E-state index is 6.78. The SMILES string of the molecule is CCC(C)(C)[Si]CCc1cc(N2CCC(n3cc[n+](C)c3)C2)cc(CC[Si](C)(C)C)c1N.[Cl-]. The van der Waals surface area contributed by atoms with E-state index in [1.54, 1.807) is 0 Å². The molecule has 0 aliphatic carbocycles. The lowest BCUT2D eigenvalue weighted by molar-refractivity contribution is -0.671. The molecule has 1 atom stereocenters. The molecule has 0 bridgehead atoms. The molecule has 7 heteroatoms. The van der Waals surface area contributed by atoms with E-state index in [9.17, 15) is 0 Å². The van der Waals surface area contributed by atoms with Crippen LogP contribution < -0.4 is 27.6 Å². The van der Waals surface area contributed by atoms with Crippen LogP contribution in [0.5, 0.6) is 0 Å². The maximum Gasteiger partial charge on any atom is 0.243 e. The number of benzene rings is 1. The number of anilines is 2. The lowest BCUT2D eigenvalue weighted by Gasteiger charge is -2.24. The van der Waals surface area contributed by atoms with E-state index >= 15 is 0 Å². The number of imidazole rings is 1. The van der Waals surface area contributed by atoms with Crippen molar-refractivity contribution in [2.24, 2.45) is 7.05 Å². The molecule has 0 saturated carbocycles. The Morgan fingerprint density at radius 1 is 1.18 bits per heavy atom. The highest BCUT2D eigenvalue weighted by molar-refractivity contribution is 6.76. The van der Waals surface area contributed by atoms with E-state index in [0.29, 0.717) is 11.1 Å². The van der Waals surface area contributed by atoms with Gasteiger partial charge in [-0.2, -0.15) is 0 Å². The molecule has 1 saturated heterocycles. The summed E-state index contributed by atoms with van der Waals surface area (Å²) in [5.74, 6) is 0. The fourth-order valence-electron chi connectivity index (χ4n) is 4.43. The number of hydrogen-bond acceptors (Lipinski definition) is 2. The maximum atomic E-state index is 6.78. The molecule has 1 aromatic carbocycles. The van der Waals surface area contributed by atoms with Gasteiger partial charge in [-0.25, -0.2) is 9.13 Å². The highest BCUT2D eigenvalue weighted by Gasteiger charge is 2.28. The van der Waals surface area contributed by atoms with Gasteiger partial charge in [0.1, 0.15) is 18.4 Å². The summed E-state index contributed by atoms with van der Waals surface area (Å²) in [6.07, 6.45) is 11.2. The average Bonchev–Trinajstić information content (AvgIpc) is 3.36. The van der Waals surface area contributed by atoms with Crippen molar-refractivity contribution in [3.8, 4) is 0 Å². The minimum absolute atomic E-state index is 0. The largest absolute Gasteiger partial charge is 1.00 e. The van der Waals surface area contributed by atoms with E-state index in [1.165, 1.54) is 41.7 Å². The molecule has 1 aromatic heterocycles. The summed E-state index contributed by atoms with van der Waals surface area (Å²) < 4.78 is 4.51. The van der Waals surface area contributed by atoms with Crippen LogP contribution in [0.4, 0.5) is 11.4 Å². The van der Waals surface area contributed by atoms with Crippen molar-refractivity contribution in [3.05, 3.63) is 42.0 Å². The molecule has 1 aliphatic rings. The first-order valence-corrected chi connectivity index (χ1v) is 17.3. The van der Waals surface area contributed by atoms with Crippen molar-refractivity contribution < 1.29 is 17.0 Å². The molecule has 1 unspecified atom stereocenters. The van der Waals surface area contributed by atoms with Crippen LogP contribution in [0.2, 0.25) is 36.8 Å².